The maximum Gasteiger partial charge on any atom is 0.268 e. The van der Waals surface area contributed by atoms with E-state index in [1.54, 1.807) is 32.4 Å². The summed E-state index contributed by atoms with van der Waals surface area (Å²) in [6.45, 7) is 5.91. The average Bonchev–Trinajstić information content (AvgIpc) is 2.57. The molecule has 0 spiro atoms. The van der Waals surface area contributed by atoms with E-state index in [-0.39, 0.29) is 11.7 Å². The van der Waals surface area contributed by atoms with Crippen LogP contribution in [0.2, 0.25) is 0 Å². The van der Waals surface area contributed by atoms with Gasteiger partial charge in [0, 0.05) is 15.9 Å². The number of aromatic nitrogens is 1. The van der Waals surface area contributed by atoms with Crippen LogP contribution in [0.15, 0.2) is 42.6 Å². The number of rotatable bonds is 3. The zero-order valence-electron chi connectivity index (χ0n) is 14.3. The maximum atomic E-state index is 13.7. The molecule has 124 valence electrons. The monoisotopic (exact) mass is 326 g/mol. The molecule has 0 aliphatic carbocycles. The van der Waals surface area contributed by atoms with Crippen LogP contribution in [0.1, 0.15) is 30.9 Å². The molecule has 3 rings (SSSR count). The molecule has 0 saturated carbocycles. The van der Waals surface area contributed by atoms with E-state index in [0.717, 1.165) is 26.8 Å². The molecule has 1 N–H and O–H groups in total. The van der Waals surface area contributed by atoms with E-state index in [0.29, 0.717) is 16.8 Å². The molecule has 0 atom stereocenters. The van der Waals surface area contributed by atoms with E-state index in [9.17, 15) is 9.60 Å². The lowest BCUT2D eigenvalue weighted by atomic mass is 9.90. The van der Waals surface area contributed by atoms with E-state index in [2.05, 4.69) is 13.8 Å². The highest BCUT2D eigenvalue weighted by atomic mass is 19.1. The van der Waals surface area contributed by atoms with Crippen LogP contribution < -0.4 is 9.47 Å². The summed E-state index contributed by atoms with van der Waals surface area (Å²) < 4.78 is 20.1. The second-order valence-electron chi connectivity index (χ2n) is 6.31. The fourth-order valence-electron chi connectivity index (χ4n) is 3.02. The van der Waals surface area contributed by atoms with E-state index in [1.165, 1.54) is 6.07 Å². The first-order chi connectivity index (χ1) is 11.4. The topological polar surface area (TPSA) is 33.3 Å². The summed E-state index contributed by atoms with van der Waals surface area (Å²) in [5.74, 6) is 0.656. The number of halogens is 1. The SMILES string of the molecule is COc1ccc2c(-c3ccc(F)c(C)c3)c(C(C)C)c[n+](O)c2c1. The maximum absolute atomic E-state index is 13.7. The van der Waals surface area contributed by atoms with Gasteiger partial charge in [0.1, 0.15) is 11.6 Å². The number of ether oxygens (including phenoxy) is 1. The summed E-state index contributed by atoms with van der Waals surface area (Å²) in [5.41, 5.74) is 4.20. The molecule has 0 bridgehead atoms. The van der Waals surface area contributed by atoms with Crippen LogP contribution in [-0.4, -0.2) is 12.3 Å². The number of nitrogens with zero attached hydrogens (tertiary/aromatic N) is 1. The predicted molar refractivity (Wildman–Crippen MR) is 92.1 cm³/mol. The van der Waals surface area contributed by atoms with Gasteiger partial charge >= 0.3 is 0 Å². The third kappa shape index (κ3) is 2.68. The van der Waals surface area contributed by atoms with Gasteiger partial charge in [-0.3, -0.25) is 5.21 Å². The Bertz CT molecular complexity index is 919. The Morgan fingerprint density at radius 3 is 2.50 bits per heavy atom. The van der Waals surface area contributed by atoms with Gasteiger partial charge in [0.25, 0.3) is 5.52 Å². The van der Waals surface area contributed by atoms with Crippen LogP contribution in [0.25, 0.3) is 22.0 Å². The molecule has 1 aromatic heterocycles. The van der Waals surface area contributed by atoms with Gasteiger partial charge in [-0.05, 0) is 48.2 Å². The van der Waals surface area contributed by atoms with Gasteiger partial charge in [-0.1, -0.05) is 19.9 Å². The molecule has 0 saturated heterocycles. The van der Waals surface area contributed by atoms with E-state index in [1.807, 2.05) is 18.2 Å². The lowest BCUT2D eigenvalue weighted by molar-refractivity contribution is -0.884. The predicted octanol–water partition coefficient (Wildman–Crippen LogP) is 4.61. The Morgan fingerprint density at radius 1 is 1.12 bits per heavy atom. The van der Waals surface area contributed by atoms with Gasteiger partial charge in [0.2, 0.25) is 6.20 Å². The minimum absolute atomic E-state index is 0.204. The quantitative estimate of drug-likeness (QED) is 0.563. The summed E-state index contributed by atoms with van der Waals surface area (Å²) in [4.78, 5) is 0. The van der Waals surface area contributed by atoms with E-state index < -0.39 is 0 Å². The van der Waals surface area contributed by atoms with Crippen molar-refractivity contribution in [2.24, 2.45) is 0 Å². The molecule has 0 radical (unpaired) electrons. The number of hydrogen-bond donors (Lipinski definition) is 1. The van der Waals surface area contributed by atoms with Crippen LogP contribution in [0.5, 0.6) is 5.75 Å². The number of methoxy groups -OCH3 is 1. The van der Waals surface area contributed by atoms with Crippen molar-refractivity contribution in [3.63, 3.8) is 0 Å². The van der Waals surface area contributed by atoms with Gasteiger partial charge in [0.15, 0.2) is 0 Å². The van der Waals surface area contributed by atoms with Crippen molar-refractivity contribution in [1.82, 2.24) is 0 Å². The minimum atomic E-state index is -0.219. The fraction of sp³-hybridized carbons (Fsp3) is 0.250. The van der Waals surface area contributed by atoms with Crippen LogP contribution >= 0.6 is 0 Å². The molecule has 0 aliphatic rings. The number of hydrogen-bond acceptors (Lipinski definition) is 2. The van der Waals surface area contributed by atoms with Crippen molar-refractivity contribution >= 4 is 10.9 Å². The van der Waals surface area contributed by atoms with Gasteiger partial charge in [-0.15, -0.1) is 0 Å². The second-order valence-corrected chi connectivity index (χ2v) is 6.31. The van der Waals surface area contributed by atoms with E-state index >= 15 is 0 Å². The molecule has 0 unspecified atom stereocenters. The molecule has 0 fully saturated rings. The molecular formula is C20H21FNO2+. The summed E-state index contributed by atoms with van der Waals surface area (Å²) in [6, 6.07) is 10.7. The molecule has 3 nitrogen and oxygen atoms in total. The fourth-order valence-corrected chi connectivity index (χ4v) is 3.02. The Labute approximate surface area is 140 Å². The van der Waals surface area contributed by atoms with Crippen molar-refractivity contribution in [2.45, 2.75) is 26.7 Å². The first-order valence-electron chi connectivity index (χ1n) is 7.94. The van der Waals surface area contributed by atoms with Crippen molar-refractivity contribution in [3.05, 3.63) is 59.5 Å². The van der Waals surface area contributed by atoms with Crippen LogP contribution in [0.3, 0.4) is 0 Å². The van der Waals surface area contributed by atoms with Gasteiger partial charge < -0.3 is 4.74 Å². The molecular weight excluding hydrogens is 305 g/mol. The Kier molecular flexibility index (Phi) is 4.14. The molecule has 3 aromatic rings. The lowest BCUT2D eigenvalue weighted by Gasteiger charge is -2.14. The summed E-state index contributed by atoms with van der Waals surface area (Å²) in [7, 11) is 1.59. The molecule has 2 aromatic carbocycles. The number of benzene rings is 2. The van der Waals surface area contributed by atoms with Crippen molar-refractivity contribution in [3.8, 4) is 16.9 Å². The molecule has 24 heavy (non-hydrogen) atoms. The molecule has 4 heteroatoms. The smallest absolute Gasteiger partial charge is 0.268 e. The first kappa shape index (κ1) is 16.2. The van der Waals surface area contributed by atoms with E-state index in [4.69, 9.17) is 4.74 Å². The highest BCUT2D eigenvalue weighted by molar-refractivity contribution is 5.95. The highest BCUT2D eigenvalue weighted by Crippen LogP contribution is 2.36. The second kappa shape index (κ2) is 6.11. The average molecular weight is 326 g/mol. The van der Waals surface area contributed by atoms with Crippen molar-refractivity contribution in [2.75, 3.05) is 7.11 Å². The van der Waals surface area contributed by atoms with Crippen molar-refractivity contribution in [1.29, 1.82) is 0 Å². The van der Waals surface area contributed by atoms with Gasteiger partial charge in [-0.2, -0.15) is 0 Å². The normalized spacial score (nSPS) is 11.2. The Balaban J connectivity index is 2.40. The largest absolute Gasteiger partial charge is 0.497 e. The lowest BCUT2D eigenvalue weighted by Crippen LogP contribution is -2.31. The standard InChI is InChI=1S/C20H21FNO2/c1-12(2)17-11-22(23)19-10-15(24-4)6-7-16(19)20(17)14-5-8-18(21)13(3)9-14/h5-12,23H,1-4H3/q+1. The molecule has 0 aliphatic heterocycles. The van der Waals surface area contributed by atoms with Crippen LogP contribution in [0.4, 0.5) is 4.39 Å². The van der Waals surface area contributed by atoms with Crippen LogP contribution in [-0.2, 0) is 0 Å². The van der Waals surface area contributed by atoms with Gasteiger partial charge in [0.05, 0.1) is 18.6 Å². The summed E-state index contributed by atoms with van der Waals surface area (Å²) in [5, 5.41) is 11.3. The third-order valence-corrected chi connectivity index (χ3v) is 4.34. The number of fused-ring (bicyclic) bond motifs is 1. The Hall–Kier alpha value is -2.62. The first-order valence-corrected chi connectivity index (χ1v) is 7.94. The molecule has 0 amide bonds. The third-order valence-electron chi connectivity index (χ3n) is 4.34. The zero-order valence-corrected chi connectivity index (χ0v) is 14.3. The van der Waals surface area contributed by atoms with Gasteiger partial charge in [-0.25, -0.2) is 4.39 Å². The summed E-state index contributed by atoms with van der Waals surface area (Å²) in [6.07, 6.45) is 1.72. The van der Waals surface area contributed by atoms with Crippen LogP contribution in [0, 0.1) is 12.7 Å². The number of aryl methyl sites for hydroxylation is 1. The Morgan fingerprint density at radius 2 is 1.88 bits per heavy atom. The minimum Gasteiger partial charge on any atom is -0.497 e. The molecule has 1 heterocycles. The zero-order chi connectivity index (χ0) is 17.4. The highest BCUT2D eigenvalue weighted by Gasteiger charge is 2.22. The summed E-state index contributed by atoms with van der Waals surface area (Å²) >= 11 is 0. The number of pyridine rings is 1. The van der Waals surface area contributed by atoms with Crippen molar-refractivity contribution < 1.29 is 19.1 Å².